The van der Waals surface area contributed by atoms with E-state index in [0.717, 1.165) is 11.4 Å². The molecule has 0 saturated heterocycles. The molecular formula is C18H17N3O2. The maximum absolute atomic E-state index is 12.6. The molecule has 1 aromatic carbocycles. The molecule has 0 atom stereocenters. The summed E-state index contributed by atoms with van der Waals surface area (Å²) in [7, 11) is 1.59. The van der Waals surface area contributed by atoms with Crippen molar-refractivity contribution in [3.63, 3.8) is 0 Å². The standard InChI is InChI=1S/C18H17N3O2/c1-13-16(8-4-10-19-13)21-11-5-9-17(21)18(22)20-14-6-3-7-15(12-14)23-2/h3-12H,1-2H3,(H,20,22). The Morgan fingerprint density at radius 3 is 2.83 bits per heavy atom. The van der Waals surface area contributed by atoms with Crippen molar-refractivity contribution in [1.82, 2.24) is 9.55 Å². The smallest absolute Gasteiger partial charge is 0.272 e. The van der Waals surface area contributed by atoms with Gasteiger partial charge < -0.3 is 14.6 Å². The van der Waals surface area contributed by atoms with Gasteiger partial charge in [0.2, 0.25) is 0 Å². The number of benzene rings is 1. The second-order valence-electron chi connectivity index (χ2n) is 5.06. The summed E-state index contributed by atoms with van der Waals surface area (Å²) in [6.45, 7) is 1.92. The zero-order valence-electron chi connectivity index (χ0n) is 13.0. The zero-order chi connectivity index (χ0) is 16.2. The van der Waals surface area contributed by atoms with Crippen LogP contribution in [0.1, 0.15) is 16.2 Å². The van der Waals surface area contributed by atoms with Crippen molar-refractivity contribution >= 4 is 11.6 Å². The van der Waals surface area contributed by atoms with E-state index in [1.165, 1.54) is 0 Å². The molecule has 0 aliphatic carbocycles. The Labute approximate surface area is 134 Å². The van der Waals surface area contributed by atoms with E-state index in [9.17, 15) is 4.79 Å². The predicted molar refractivity (Wildman–Crippen MR) is 89.2 cm³/mol. The number of anilines is 1. The maximum Gasteiger partial charge on any atom is 0.272 e. The van der Waals surface area contributed by atoms with E-state index in [2.05, 4.69) is 10.3 Å². The lowest BCUT2D eigenvalue weighted by atomic mass is 10.2. The Hall–Kier alpha value is -3.08. The van der Waals surface area contributed by atoms with Gasteiger partial charge in [-0.15, -0.1) is 0 Å². The Kier molecular flexibility index (Phi) is 4.10. The van der Waals surface area contributed by atoms with Gasteiger partial charge in [0.1, 0.15) is 11.4 Å². The van der Waals surface area contributed by atoms with Gasteiger partial charge in [-0.1, -0.05) is 6.07 Å². The number of methoxy groups -OCH3 is 1. The number of rotatable bonds is 4. The molecule has 0 aliphatic rings. The van der Waals surface area contributed by atoms with E-state index in [-0.39, 0.29) is 5.91 Å². The van der Waals surface area contributed by atoms with Gasteiger partial charge in [-0.2, -0.15) is 0 Å². The first-order valence-corrected chi connectivity index (χ1v) is 7.24. The van der Waals surface area contributed by atoms with Crippen molar-refractivity contribution in [1.29, 1.82) is 0 Å². The molecule has 0 spiro atoms. The summed E-state index contributed by atoms with van der Waals surface area (Å²) in [5.41, 5.74) is 2.97. The summed E-state index contributed by atoms with van der Waals surface area (Å²) in [6.07, 6.45) is 3.59. The van der Waals surface area contributed by atoms with Crippen LogP contribution in [0.25, 0.3) is 5.69 Å². The first-order valence-electron chi connectivity index (χ1n) is 7.24. The molecule has 3 rings (SSSR count). The first-order chi connectivity index (χ1) is 11.2. The second-order valence-corrected chi connectivity index (χ2v) is 5.06. The van der Waals surface area contributed by atoms with E-state index < -0.39 is 0 Å². The van der Waals surface area contributed by atoms with Gasteiger partial charge in [0.15, 0.2) is 0 Å². The fourth-order valence-corrected chi connectivity index (χ4v) is 2.40. The minimum absolute atomic E-state index is 0.188. The second kappa shape index (κ2) is 6.36. The normalized spacial score (nSPS) is 10.3. The number of pyridine rings is 1. The molecule has 3 aromatic rings. The van der Waals surface area contributed by atoms with Crippen LogP contribution in [0.4, 0.5) is 5.69 Å². The van der Waals surface area contributed by atoms with Crippen molar-refractivity contribution in [2.24, 2.45) is 0 Å². The average Bonchev–Trinajstić information content (AvgIpc) is 3.05. The highest BCUT2D eigenvalue weighted by Crippen LogP contribution is 2.19. The number of nitrogens with one attached hydrogen (secondary N) is 1. The van der Waals surface area contributed by atoms with Crippen LogP contribution in [0.2, 0.25) is 0 Å². The molecule has 5 heteroatoms. The van der Waals surface area contributed by atoms with E-state index in [1.54, 1.807) is 25.4 Å². The zero-order valence-corrected chi connectivity index (χ0v) is 13.0. The molecule has 0 bridgehead atoms. The van der Waals surface area contributed by atoms with Crippen LogP contribution in [-0.4, -0.2) is 22.6 Å². The number of ether oxygens (including phenoxy) is 1. The highest BCUT2D eigenvalue weighted by Gasteiger charge is 2.14. The van der Waals surface area contributed by atoms with Crippen LogP contribution in [-0.2, 0) is 0 Å². The van der Waals surface area contributed by atoms with Crippen molar-refractivity contribution in [3.8, 4) is 11.4 Å². The number of aryl methyl sites for hydroxylation is 1. The average molecular weight is 307 g/mol. The van der Waals surface area contributed by atoms with Crippen molar-refractivity contribution in [2.45, 2.75) is 6.92 Å². The molecule has 0 unspecified atom stereocenters. The number of hydrogen-bond acceptors (Lipinski definition) is 3. The van der Waals surface area contributed by atoms with Crippen molar-refractivity contribution in [2.75, 3.05) is 12.4 Å². The molecule has 5 nitrogen and oxygen atoms in total. The number of hydrogen-bond donors (Lipinski definition) is 1. The predicted octanol–water partition coefficient (Wildman–Crippen LogP) is 3.44. The number of amides is 1. The molecule has 1 N–H and O–H groups in total. The third kappa shape index (κ3) is 3.08. The molecule has 23 heavy (non-hydrogen) atoms. The quantitative estimate of drug-likeness (QED) is 0.803. The number of aromatic nitrogens is 2. The van der Waals surface area contributed by atoms with Crippen LogP contribution < -0.4 is 10.1 Å². The number of carbonyl (C=O) groups is 1. The fraction of sp³-hybridized carbons (Fsp3) is 0.111. The highest BCUT2D eigenvalue weighted by molar-refractivity contribution is 6.03. The SMILES string of the molecule is COc1cccc(NC(=O)c2cccn2-c2cccnc2C)c1. The van der Waals surface area contributed by atoms with Gasteiger partial charge in [0, 0.05) is 24.1 Å². The Bertz CT molecular complexity index is 840. The third-order valence-electron chi connectivity index (χ3n) is 3.55. The number of carbonyl (C=O) groups excluding carboxylic acids is 1. The van der Waals surface area contributed by atoms with Crippen LogP contribution in [0.15, 0.2) is 60.9 Å². The van der Waals surface area contributed by atoms with Gasteiger partial charge in [-0.05, 0) is 43.3 Å². The molecule has 0 fully saturated rings. The Morgan fingerprint density at radius 1 is 1.17 bits per heavy atom. The lowest BCUT2D eigenvalue weighted by Gasteiger charge is -2.12. The molecule has 0 saturated carbocycles. The summed E-state index contributed by atoms with van der Waals surface area (Å²) in [6, 6.07) is 14.7. The first kappa shape index (κ1) is 14.8. The van der Waals surface area contributed by atoms with Gasteiger partial charge >= 0.3 is 0 Å². The summed E-state index contributed by atoms with van der Waals surface area (Å²) in [4.78, 5) is 16.9. The largest absolute Gasteiger partial charge is 0.497 e. The van der Waals surface area contributed by atoms with E-state index in [4.69, 9.17) is 4.74 Å². The molecular weight excluding hydrogens is 290 g/mol. The fourth-order valence-electron chi connectivity index (χ4n) is 2.40. The Balaban J connectivity index is 1.89. The molecule has 0 radical (unpaired) electrons. The van der Waals surface area contributed by atoms with E-state index >= 15 is 0 Å². The molecule has 2 heterocycles. The topological polar surface area (TPSA) is 56.1 Å². The Morgan fingerprint density at radius 2 is 2.04 bits per heavy atom. The molecule has 116 valence electrons. The summed E-state index contributed by atoms with van der Waals surface area (Å²) >= 11 is 0. The summed E-state index contributed by atoms with van der Waals surface area (Å²) in [5.74, 6) is 0.507. The monoisotopic (exact) mass is 307 g/mol. The van der Waals surface area contributed by atoms with Crippen LogP contribution in [0, 0.1) is 6.92 Å². The molecule has 0 aliphatic heterocycles. The van der Waals surface area contributed by atoms with Crippen LogP contribution >= 0.6 is 0 Å². The lowest BCUT2D eigenvalue weighted by molar-refractivity contribution is 0.102. The molecule has 2 aromatic heterocycles. The van der Waals surface area contributed by atoms with Gasteiger partial charge in [-0.3, -0.25) is 9.78 Å². The minimum Gasteiger partial charge on any atom is -0.497 e. The van der Waals surface area contributed by atoms with E-state index in [1.807, 2.05) is 54.1 Å². The number of nitrogens with zero attached hydrogens (tertiary/aromatic N) is 2. The summed E-state index contributed by atoms with van der Waals surface area (Å²) < 4.78 is 7.00. The molecule has 1 amide bonds. The lowest BCUT2D eigenvalue weighted by Crippen LogP contribution is -2.16. The van der Waals surface area contributed by atoms with Crippen molar-refractivity contribution in [3.05, 3.63) is 72.3 Å². The summed E-state index contributed by atoms with van der Waals surface area (Å²) in [5, 5.41) is 2.89. The van der Waals surface area contributed by atoms with Gasteiger partial charge in [0.25, 0.3) is 5.91 Å². The van der Waals surface area contributed by atoms with Crippen molar-refractivity contribution < 1.29 is 9.53 Å². The highest BCUT2D eigenvalue weighted by atomic mass is 16.5. The third-order valence-corrected chi connectivity index (χ3v) is 3.55. The van der Waals surface area contributed by atoms with Crippen LogP contribution in [0.3, 0.4) is 0 Å². The maximum atomic E-state index is 12.6. The minimum atomic E-state index is -0.188. The van der Waals surface area contributed by atoms with E-state index in [0.29, 0.717) is 17.1 Å². The van der Waals surface area contributed by atoms with Gasteiger partial charge in [-0.25, -0.2) is 0 Å². The van der Waals surface area contributed by atoms with Crippen LogP contribution in [0.5, 0.6) is 5.75 Å². The van der Waals surface area contributed by atoms with Gasteiger partial charge in [0.05, 0.1) is 18.5 Å².